The van der Waals surface area contributed by atoms with Gasteiger partial charge in [0.1, 0.15) is 6.54 Å². The van der Waals surface area contributed by atoms with Crippen molar-refractivity contribution in [2.24, 2.45) is 0 Å². The number of fused-ring (bicyclic) bond motifs is 3. The Morgan fingerprint density at radius 2 is 2.24 bits per heavy atom. The molecule has 0 aliphatic carbocycles. The van der Waals surface area contributed by atoms with Crippen LogP contribution in [0.4, 0.5) is 0 Å². The number of ether oxygens (including phenoxy) is 1. The molecule has 0 saturated heterocycles. The molecule has 2 aromatic rings. The number of esters is 1. The van der Waals surface area contributed by atoms with Crippen molar-refractivity contribution in [3.63, 3.8) is 0 Å². The molecule has 0 fully saturated rings. The Morgan fingerprint density at radius 3 is 3.00 bits per heavy atom. The summed E-state index contributed by atoms with van der Waals surface area (Å²) in [6, 6.07) is 5.87. The number of carbonyl (C=O) groups excluding carboxylic acids is 1. The first kappa shape index (κ1) is 14.4. The summed E-state index contributed by atoms with van der Waals surface area (Å²) in [7, 11) is 2.09. The van der Waals surface area contributed by atoms with Crippen LogP contribution < -0.4 is 0 Å². The van der Waals surface area contributed by atoms with Crippen LogP contribution in [0.3, 0.4) is 0 Å². The Balaban J connectivity index is 2.15. The van der Waals surface area contributed by atoms with E-state index in [-0.39, 0.29) is 12.5 Å². The zero-order valence-electron chi connectivity index (χ0n) is 12.4. The van der Waals surface area contributed by atoms with E-state index in [9.17, 15) is 4.79 Å². The molecule has 112 valence electrons. The lowest BCUT2D eigenvalue weighted by molar-refractivity contribution is -0.143. The van der Waals surface area contributed by atoms with E-state index in [1.165, 1.54) is 11.3 Å². The second kappa shape index (κ2) is 5.70. The van der Waals surface area contributed by atoms with Gasteiger partial charge in [-0.25, -0.2) is 0 Å². The normalized spacial score (nSPS) is 15.2. The number of aromatic nitrogens is 1. The minimum atomic E-state index is -0.203. The van der Waals surface area contributed by atoms with Gasteiger partial charge in [0.25, 0.3) is 0 Å². The standard InChI is InChI=1S/C16H19ClN2O2/c1-3-21-15(20)10-19-13-6-4-5-12(17)16(13)11-7-8-18(2)9-14(11)19/h4-6H,3,7-10H2,1-2H3. The van der Waals surface area contributed by atoms with Crippen molar-refractivity contribution in [1.29, 1.82) is 0 Å². The molecule has 5 heteroatoms. The first-order valence-electron chi connectivity index (χ1n) is 7.24. The summed E-state index contributed by atoms with van der Waals surface area (Å²) in [6.07, 6.45) is 0.960. The van der Waals surface area contributed by atoms with Gasteiger partial charge in [0.2, 0.25) is 0 Å². The molecule has 1 aliphatic rings. The summed E-state index contributed by atoms with van der Waals surface area (Å²) in [5.74, 6) is -0.203. The third kappa shape index (κ3) is 2.54. The van der Waals surface area contributed by atoms with E-state index in [0.717, 1.165) is 35.4 Å². The van der Waals surface area contributed by atoms with Crippen LogP contribution in [0.1, 0.15) is 18.2 Å². The summed E-state index contributed by atoms with van der Waals surface area (Å²) < 4.78 is 7.17. The van der Waals surface area contributed by atoms with Crippen molar-refractivity contribution in [1.82, 2.24) is 9.47 Å². The van der Waals surface area contributed by atoms with Crippen molar-refractivity contribution in [3.05, 3.63) is 34.5 Å². The third-order valence-electron chi connectivity index (χ3n) is 4.01. The Bertz CT molecular complexity index is 693. The number of carbonyl (C=O) groups is 1. The van der Waals surface area contributed by atoms with Crippen LogP contribution >= 0.6 is 11.6 Å². The lowest BCUT2D eigenvalue weighted by Crippen LogP contribution is -2.28. The average molecular weight is 307 g/mol. The van der Waals surface area contributed by atoms with E-state index >= 15 is 0 Å². The third-order valence-corrected chi connectivity index (χ3v) is 4.33. The number of nitrogens with zero attached hydrogens (tertiary/aromatic N) is 2. The summed E-state index contributed by atoms with van der Waals surface area (Å²) in [6.45, 7) is 4.32. The maximum Gasteiger partial charge on any atom is 0.325 e. The maximum atomic E-state index is 11.9. The van der Waals surface area contributed by atoms with E-state index in [0.29, 0.717) is 6.61 Å². The highest BCUT2D eigenvalue weighted by atomic mass is 35.5. The van der Waals surface area contributed by atoms with Crippen LogP contribution in [-0.4, -0.2) is 35.6 Å². The molecule has 0 atom stereocenters. The molecule has 4 nitrogen and oxygen atoms in total. The van der Waals surface area contributed by atoms with E-state index in [1.54, 1.807) is 0 Å². The van der Waals surface area contributed by atoms with Gasteiger partial charge in [0.15, 0.2) is 0 Å². The van der Waals surface area contributed by atoms with Gasteiger partial charge in [0, 0.05) is 24.2 Å². The van der Waals surface area contributed by atoms with Crippen LogP contribution in [0.2, 0.25) is 5.02 Å². The van der Waals surface area contributed by atoms with Crippen LogP contribution in [-0.2, 0) is 29.0 Å². The number of benzene rings is 1. The van der Waals surface area contributed by atoms with Crippen molar-refractivity contribution >= 4 is 28.5 Å². The van der Waals surface area contributed by atoms with Gasteiger partial charge in [-0.1, -0.05) is 17.7 Å². The van der Waals surface area contributed by atoms with E-state index in [4.69, 9.17) is 16.3 Å². The first-order valence-corrected chi connectivity index (χ1v) is 7.62. The van der Waals surface area contributed by atoms with E-state index < -0.39 is 0 Å². The zero-order valence-corrected chi connectivity index (χ0v) is 13.1. The first-order chi connectivity index (χ1) is 10.1. The van der Waals surface area contributed by atoms with Gasteiger partial charge in [0.05, 0.1) is 17.1 Å². The lowest BCUT2D eigenvalue weighted by Gasteiger charge is -2.24. The van der Waals surface area contributed by atoms with Gasteiger partial charge in [-0.05, 0) is 38.1 Å². The molecule has 0 N–H and O–H groups in total. The van der Waals surface area contributed by atoms with Crippen molar-refractivity contribution in [2.75, 3.05) is 20.2 Å². The minimum absolute atomic E-state index is 0.203. The van der Waals surface area contributed by atoms with E-state index in [2.05, 4.69) is 16.5 Å². The van der Waals surface area contributed by atoms with Crippen molar-refractivity contribution in [3.8, 4) is 0 Å². The van der Waals surface area contributed by atoms with Crippen LogP contribution in [0, 0.1) is 0 Å². The molecular formula is C16H19ClN2O2. The SMILES string of the molecule is CCOC(=O)Cn1c2c(c3c(Cl)cccc31)CCN(C)C2. The summed E-state index contributed by atoms with van der Waals surface area (Å²) in [5.41, 5.74) is 3.48. The number of hydrogen-bond donors (Lipinski definition) is 0. The Morgan fingerprint density at radius 1 is 1.43 bits per heavy atom. The molecule has 3 rings (SSSR count). The molecule has 0 amide bonds. The quantitative estimate of drug-likeness (QED) is 0.818. The minimum Gasteiger partial charge on any atom is -0.465 e. The van der Waals surface area contributed by atoms with E-state index in [1.807, 2.05) is 25.1 Å². The fourth-order valence-corrected chi connectivity index (χ4v) is 3.38. The molecule has 2 heterocycles. The molecule has 0 saturated carbocycles. The Hall–Kier alpha value is -1.52. The second-order valence-electron chi connectivity index (χ2n) is 5.44. The largest absolute Gasteiger partial charge is 0.465 e. The molecule has 1 aromatic carbocycles. The van der Waals surface area contributed by atoms with Gasteiger partial charge in [-0.2, -0.15) is 0 Å². The lowest BCUT2D eigenvalue weighted by atomic mass is 10.0. The molecule has 1 aromatic heterocycles. The number of hydrogen-bond acceptors (Lipinski definition) is 3. The van der Waals surface area contributed by atoms with Crippen molar-refractivity contribution in [2.45, 2.75) is 26.4 Å². The molecule has 0 bridgehead atoms. The Kier molecular flexibility index (Phi) is 3.91. The van der Waals surface area contributed by atoms with Crippen molar-refractivity contribution < 1.29 is 9.53 Å². The maximum absolute atomic E-state index is 11.9. The highest BCUT2D eigenvalue weighted by Crippen LogP contribution is 2.35. The Labute approximate surface area is 129 Å². The fourth-order valence-electron chi connectivity index (χ4n) is 3.09. The van der Waals surface area contributed by atoms with Crippen LogP contribution in [0.25, 0.3) is 10.9 Å². The summed E-state index contributed by atoms with van der Waals surface area (Å²) in [4.78, 5) is 14.2. The number of halogens is 1. The molecule has 0 spiro atoms. The highest BCUT2D eigenvalue weighted by Gasteiger charge is 2.24. The van der Waals surface area contributed by atoms with Gasteiger partial charge in [-0.15, -0.1) is 0 Å². The second-order valence-corrected chi connectivity index (χ2v) is 5.85. The predicted octanol–water partition coefficient (Wildman–Crippen LogP) is 2.85. The molecule has 0 unspecified atom stereocenters. The van der Waals surface area contributed by atoms with Crippen LogP contribution in [0.5, 0.6) is 0 Å². The average Bonchev–Trinajstić information content (AvgIpc) is 2.74. The predicted molar refractivity (Wildman–Crippen MR) is 83.6 cm³/mol. The summed E-state index contributed by atoms with van der Waals surface area (Å²) in [5, 5.41) is 1.85. The molecular weight excluding hydrogens is 288 g/mol. The molecule has 1 aliphatic heterocycles. The molecule has 21 heavy (non-hydrogen) atoms. The smallest absolute Gasteiger partial charge is 0.325 e. The van der Waals surface area contributed by atoms with Gasteiger partial charge >= 0.3 is 5.97 Å². The highest BCUT2D eigenvalue weighted by molar-refractivity contribution is 6.35. The number of likely N-dealkylation sites (N-methyl/N-ethyl adjacent to an activating group) is 1. The summed E-state index contributed by atoms with van der Waals surface area (Å²) >= 11 is 6.40. The number of rotatable bonds is 3. The monoisotopic (exact) mass is 306 g/mol. The van der Waals surface area contributed by atoms with Crippen LogP contribution in [0.15, 0.2) is 18.2 Å². The molecule has 0 radical (unpaired) electrons. The zero-order chi connectivity index (χ0) is 15.0. The fraction of sp³-hybridized carbons (Fsp3) is 0.438. The topological polar surface area (TPSA) is 34.5 Å². The van der Waals surface area contributed by atoms with Gasteiger partial charge < -0.3 is 14.2 Å². The van der Waals surface area contributed by atoms with Gasteiger partial charge in [-0.3, -0.25) is 4.79 Å².